The van der Waals surface area contributed by atoms with Gasteiger partial charge in [-0.1, -0.05) is 26.0 Å². The van der Waals surface area contributed by atoms with Gasteiger partial charge in [0.2, 0.25) is 5.88 Å². The molecule has 1 aliphatic rings. The van der Waals surface area contributed by atoms with Crippen molar-refractivity contribution in [1.29, 1.82) is 0 Å². The molecule has 0 spiro atoms. The highest BCUT2D eigenvalue weighted by Gasteiger charge is 2.19. The fraction of sp³-hybridized carbons (Fsp3) is 0.393. The highest BCUT2D eigenvalue weighted by atomic mass is 16.5. The van der Waals surface area contributed by atoms with Crippen molar-refractivity contribution in [3.63, 3.8) is 0 Å². The maximum absolute atomic E-state index is 9.58. The van der Waals surface area contributed by atoms with Crippen molar-refractivity contribution in [2.75, 3.05) is 19.8 Å². The van der Waals surface area contributed by atoms with E-state index in [1.54, 1.807) is 0 Å². The average Bonchev–Trinajstić information content (AvgIpc) is 3.18. The lowest BCUT2D eigenvalue weighted by atomic mass is 9.96. The van der Waals surface area contributed by atoms with Crippen molar-refractivity contribution in [2.24, 2.45) is 7.05 Å². The van der Waals surface area contributed by atoms with E-state index < -0.39 is 0 Å². The van der Waals surface area contributed by atoms with Crippen LogP contribution in [-0.4, -0.2) is 51.9 Å². The van der Waals surface area contributed by atoms with E-state index in [2.05, 4.69) is 51.9 Å². The third-order valence-corrected chi connectivity index (χ3v) is 5.85. The van der Waals surface area contributed by atoms with E-state index >= 15 is 0 Å². The number of hydrogen-bond donors (Lipinski definition) is 1. The van der Waals surface area contributed by atoms with Crippen LogP contribution < -0.4 is 4.74 Å². The molecule has 0 atom stereocenters. The number of carbonyl (C=O) groups is 1. The molecule has 7 heteroatoms. The summed E-state index contributed by atoms with van der Waals surface area (Å²) in [6.07, 6.45) is 10.9. The van der Waals surface area contributed by atoms with Gasteiger partial charge in [-0.15, -0.1) is 0 Å². The first-order valence-electron chi connectivity index (χ1n) is 12.3. The fourth-order valence-electron chi connectivity index (χ4n) is 3.81. The van der Waals surface area contributed by atoms with E-state index in [0.29, 0.717) is 25.4 Å². The molecule has 35 heavy (non-hydrogen) atoms. The second-order valence-electron chi connectivity index (χ2n) is 8.06. The van der Waals surface area contributed by atoms with Crippen LogP contribution in [-0.2, 0) is 16.6 Å². The predicted molar refractivity (Wildman–Crippen MR) is 140 cm³/mol. The standard InChI is InChI=1S/C21H19N3O.C5H10O3.C2H6/c1-24-19-9-10-22-13-18(19)17-7-5-14(11-20(17)24)15-6-8-21(23-12-15)25-16-3-2-4-16;6-2-1-4-8-5-3-7;1-2/h5-13,16H,2-4H2,1H3;3,6H,1-2,4-5H2;1-2H3. The molecule has 0 aliphatic heterocycles. The van der Waals surface area contributed by atoms with Crippen LogP contribution in [0.25, 0.3) is 32.9 Å². The van der Waals surface area contributed by atoms with Gasteiger partial charge in [0, 0.05) is 66.8 Å². The monoisotopic (exact) mass is 477 g/mol. The number of nitrogens with zero attached hydrogens (tertiary/aromatic N) is 3. The Kier molecular flexibility index (Phi) is 10.2. The molecule has 5 rings (SSSR count). The van der Waals surface area contributed by atoms with E-state index in [1.807, 2.05) is 38.5 Å². The molecule has 0 saturated heterocycles. The number of fused-ring (bicyclic) bond motifs is 3. The Bertz CT molecular complexity index is 1200. The van der Waals surface area contributed by atoms with E-state index in [0.717, 1.165) is 29.8 Å². The summed E-state index contributed by atoms with van der Waals surface area (Å²) in [7, 11) is 2.10. The van der Waals surface area contributed by atoms with Crippen LogP contribution in [0.1, 0.15) is 39.5 Å². The second kappa shape index (κ2) is 13.6. The van der Waals surface area contributed by atoms with Gasteiger partial charge in [0.05, 0.1) is 5.52 Å². The summed E-state index contributed by atoms with van der Waals surface area (Å²) in [5, 5.41) is 10.6. The molecule has 1 saturated carbocycles. The molecule has 3 heterocycles. The van der Waals surface area contributed by atoms with Crippen molar-refractivity contribution >= 4 is 28.1 Å². The number of aromatic nitrogens is 3. The van der Waals surface area contributed by atoms with Crippen LogP contribution in [0.3, 0.4) is 0 Å². The largest absolute Gasteiger partial charge is 0.474 e. The number of pyridine rings is 2. The van der Waals surface area contributed by atoms with Crippen molar-refractivity contribution < 1.29 is 19.4 Å². The fourth-order valence-corrected chi connectivity index (χ4v) is 3.81. The van der Waals surface area contributed by atoms with Crippen molar-refractivity contribution in [2.45, 2.75) is 45.6 Å². The molecular weight excluding hydrogens is 442 g/mol. The Morgan fingerprint density at radius 1 is 1.06 bits per heavy atom. The van der Waals surface area contributed by atoms with E-state index in [1.165, 1.54) is 28.2 Å². The van der Waals surface area contributed by atoms with Crippen molar-refractivity contribution in [1.82, 2.24) is 14.5 Å². The number of ether oxygens (including phenoxy) is 2. The van der Waals surface area contributed by atoms with Gasteiger partial charge >= 0.3 is 0 Å². The van der Waals surface area contributed by atoms with Gasteiger partial charge in [-0.3, -0.25) is 4.98 Å². The molecule has 1 fully saturated rings. The SMILES string of the molecule is CC.Cn1c2ccncc2c2ccc(-c3ccc(OC4CCC4)nc3)cc21.O=CCOCCCO. The lowest BCUT2D eigenvalue weighted by molar-refractivity contribution is -0.111. The average molecular weight is 478 g/mol. The number of aliphatic hydroxyl groups is 1. The highest BCUT2D eigenvalue weighted by molar-refractivity contribution is 6.08. The minimum Gasteiger partial charge on any atom is -0.474 e. The summed E-state index contributed by atoms with van der Waals surface area (Å²) in [6, 6.07) is 12.7. The summed E-state index contributed by atoms with van der Waals surface area (Å²) in [6.45, 7) is 4.73. The second-order valence-corrected chi connectivity index (χ2v) is 8.06. The minimum atomic E-state index is 0.124. The Labute approximate surface area is 206 Å². The number of aryl methyl sites for hydroxylation is 1. The highest BCUT2D eigenvalue weighted by Crippen LogP contribution is 2.31. The van der Waals surface area contributed by atoms with Gasteiger partial charge in [-0.2, -0.15) is 0 Å². The predicted octanol–water partition coefficient (Wildman–Crippen LogP) is 5.33. The maximum Gasteiger partial charge on any atom is 0.213 e. The third-order valence-electron chi connectivity index (χ3n) is 5.85. The van der Waals surface area contributed by atoms with Gasteiger partial charge in [0.15, 0.2) is 0 Å². The van der Waals surface area contributed by atoms with Crippen LogP contribution in [0.4, 0.5) is 0 Å². The molecule has 186 valence electrons. The molecule has 1 aliphatic carbocycles. The number of aliphatic hydroxyl groups excluding tert-OH is 1. The Morgan fingerprint density at radius 2 is 1.86 bits per heavy atom. The van der Waals surface area contributed by atoms with Crippen LogP contribution in [0, 0.1) is 0 Å². The molecule has 4 aromatic rings. The maximum atomic E-state index is 9.58. The molecule has 0 bridgehead atoms. The van der Waals surface area contributed by atoms with Crippen LogP contribution >= 0.6 is 0 Å². The number of carbonyl (C=O) groups excluding carboxylic acids is 1. The van der Waals surface area contributed by atoms with E-state index in [-0.39, 0.29) is 13.2 Å². The van der Waals surface area contributed by atoms with Gasteiger partial charge in [-0.05, 0) is 49.4 Å². The molecular formula is C28H35N3O4. The van der Waals surface area contributed by atoms with Crippen LogP contribution in [0.5, 0.6) is 5.88 Å². The molecule has 1 aromatic carbocycles. The molecule has 1 N–H and O–H groups in total. The van der Waals surface area contributed by atoms with E-state index in [9.17, 15) is 4.79 Å². The van der Waals surface area contributed by atoms with Gasteiger partial charge in [0.1, 0.15) is 19.0 Å². The minimum absolute atomic E-state index is 0.124. The Morgan fingerprint density at radius 3 is 2.51 bits per heavy atom. The summed E-state index contributed by atoms with van der Waals surface area (Å²) < 4.78 is 12.8. The third kappa shape index (κ3) is 6.65. The Balaban J connectivity index is 0.000000295. The zero-order chi connectivity index (χ0) is 25.0. The first-order chi connectivity index (χ1) is 17.2. The normalized spacial score (nSPS) is 12.8. The number of rotatable bonds is 8. The summed E-state index contributed by atoms with van der Waals surface area (Å²) in [5.74, 6) is 0.727. The molecule has 0 radical (unpaired) electrons. The molecule has 0 unspecified atom stereocenters. The summed E-state index contributed by atoms with van der Waals surface area (Å²) in [4.78, 5) is 18.3. The molecule has 3 aromatic heterocycles. The van der Waals surface area contributed by atoms with Crippen molar-refractivity contribution in [3.05, 3.63) is 55.0 Å². The number of hydrogen-bond acceptors (Lipinski definition) is 6. The zero-order valence-corrected chi connectivity index (χ0v) is 20.8. The summed E-state index contributed by atoms with van der Waals surface area (Å²) >= 11 is 0. The number of aldehydes is 1. The van der Waals surface area contributed by atoms with Gasteiger partial charge < -0.3 is 23.9 Å². The molecule has 0 amide bonds. The first kappa shape index (κ1) is 26.3. The quantitative estimate of drug-likeness (QED) is 0.273. The lowest BCUT2D eigenvalue weighted by Crippen LogP contribution is -2.24. The Hall–Kier alpha value is -3.29. The molecule has 7 nitrogen and oxygen atoms in total. The summed E-state index contributed by atoms with van der Waals surface area (Å²) in [5.41, 5.74) is 4.67. The van der Waals surface area contributed by atoms with Gasteiger partial charge in [-0.25, -0.2) is 4.98 Å². The zero-order valence-electron chi connectivity index (χ0n) is 20.8. The van der Waals surface area contributed by atoms with Crippen LogP contribution in [0.2, 0.25) is 0 Å². The van der Waals surface area contributed by atoms with Crippen molar-refractivity contribution in [3.8, 4) is 17.0 Å². The lowest BCUT2D eigenvalue weighted by Gasteiger charge is -2.25. The smallest absolute Gasteiger partial charge is 0.213 e. The van der Waals surface area contributed by atoms with Crippen LogP contribution in [0.15, 0.2) is 55.0 Å². The van der Waals surface area contributed by atoms with Gasteiger partial charge in [0.25, 0.3) is 0 Å². The van der Waals surface area contributed by atoms with E-state index in [4.69, 9.17) is 14.6 Å². The topological polar surface area (TPSA) is 86.5 Å². The number of benzene rings is 1. The first-order valence-corrected chi connectivity index (χ1v) is 12.3.